The van der Waals surface area contributed by atoms with Gasteiger partial charge in [-0.1, -0.05) is 6.07 Å². The fraction of sp³-hybridized carbons (Fsp3) is 0.462. The summed E-state index contributed by atoms with van der Waals surface area (Å²) in [5, 5.41) is 2.46. The van der Waals surface area contributed by atoms with Gasteiger partial charge in [-0.3, -0.25) is 5.32 Å². The first-order chi connectivity index (χ1) is 9.63. The van der Waals surface area contributed by atoms with Crippen LogP contribution in [0.3, 0.4) is 0 Å². The Bertz CT molecular complexity index is 513. The van der Waals surface area contributed by atoms with E-state index in [-0.39, 0.29) is 24.9 Å². The summed E-state index contributed by atoms with van der Waals surface area (Å²) in [6.07, 6.45) is -1.73. The van der Waals surface area contributed by atoms with Crippen LogP contribution in [0.5, 0.6) is 0 Å². The monoisotopic (exact) mass is 282 g/mol. The molecule has 6 nitrogen and oxygen atoms in total. The molecule has 1 aromatic rings. The summed E-state index contributed by atoms with van der Waals surface area (Å²) in [7, 11) is 0. The Labute approximate surface area is 115 Å². The molecule has 0 radical (unpaired) electrons. The molecule has 108 valence electrons. The second-order valence-corrected chi connectivity index (χ2v) is 4.84. The lowest BCUT2D eigenvalue weighted by Gasteiger charge is -2.17. The number of anilines is 1. The van der Waals surface area contributed by atoms with Crippen LogP contribution >= 0.6 is 0 Å². The van der Waals surface area contributed by atoms with E-state index in [0.717, 1.165) is 0 Å². The van der Waals surface area contributed by atoms with Gasteiger partial charge in [-0.25, -0.2) is 9.18 Å². The lowest BCUT2D eigenvalue weighted by Crippen LogP contribution is -2.38. The van der Waals surface area contributed by atoms with Crippen molar-refractivity contribution >= 4 is 11.8 Å². The summed E-state index contributed by atoms with van der Waals surface area (Å²) in [5.74, 6) is -0.433. The number of hydrogen-bond donors (Lipinski definition) is 2. The topological polar surface area (TPSA) is 82.8 Å². The molecular formula is C13H15FN2O4. The second kappa shape index (κ2) is 5.35. The molecule has 2 aliphatic heterocycles. The van der Waals surface area contributed by atoms with Crippen LogP contribution in [-0.2, 0) is 14.2 Å². The molecule has 2 heterocycles. The highest BCUT2D eigenvalue weighted by atomic mass is 19.1. The summed E-state index contributed by atoms with van der Waals surface area (Å²) in [6.45, 7) is 0.639. The summed E-state index contributed by atoms with van der Waals surface area (Å²) in [5.41, 5.74) is 6.13. The van der Waals surface area contributed by atoms with Crippen LogP contribution < -0.4 is 11.1 Å². The van der Waals surface area contributed by atoms with Gasteiger partial charge < -0.3 is 19.9 Å². The maximum absolute atomic E-state index is 13.0. The molecule has 2 saturated heterocycles. The Balaban J connectivity index is 1.57. The van der Waals surface area contributed by atoms with Crippen molar-refractivity contribution in [2.75, 3.05) is 18.5 Å². The first kappa shape index (κ1) is 13.3. The van der Waals surface area contributed by atoms with Crippen LogP contribution in [-0.4, -0.2) is 43.7 Å². The maximum Gasteiger partial charge on any atom is 0.412 e. The van der Waals surface area contributed by atoms with Crippen molar-refractivity contribution in [1.29, 1.82) is 0 Å². The highest BCUT2D eigenvalue weighted by Gasteiger charge is 2.48. The van der Waals surface area contributed by atoms with Gasteiger partial charge >= 0.3 is 6.09 Å². The number of fused-ring (bicyclic) bond motifs is 1. The Morgan fingerprint density at radius 1 is 1.35 bits per heavy atom. The number of carbonyl (C=O) groups excluding carboxylic acids is 1. The SMILES string of the molecule is NC1COC2C(OC(=O)Nc3cccc(F)c3)COC12. The number of carbonyl (C=O) groups is 1. The van der Waals surface area contributed by atoms with Crippen LogP contribution in [0.15, 0.2) is 24.3 Å². The van der Waals surface area contributed by atoms with Gasteiger partial charge in [0.15, 0.2) is 6.10 Å². The molecule has 3 rings (SSSR count). The van der Waals surface area contributed by atoms with Crippen LogP contribution in [0.25, 0.3) is 0 Å². The van der Waals surface area contributed by atoms with Gasteiger partial charge in [0.05, 0.1) is 19.3 Å². The standard InChI is InChI=1S/C13H15FN2O4/c14-7-2-1-3-8(4-7)16-13(17)20-10-6-19-11-9(15)5-18-12(10)11/h1-4,9-12H,5-6,15H2,(H,16,17). The number of amides is 1. The third-order valence-corrected chi connectivity index (χ3v) is 3.38. The van der Waals surface area contributed by atoms with Gasteiger partial charge in [0, 0.05) is 5.69 Å². The van der Waals surface area contributed by atoms with Crippen molar-refractivity contribution in [2.24, 2.45) is 5.73 Å². The molecule has 7 heteroatoms. The molecule has 2 fully saturated rings. The zero-order chi connectivity index (χ0) is 14.1. The minimum absolute atomic E-state index is 0.195. The average molecular weight is 282 g/mol. The molecule has 0 bridgehead atoms. The van der Waals surface area contributed by atoms with Crippen molar-refractivity contribution in [2.45, 2.75) is 24.4 Å². The quantitative estimate of drug-likeness (QED) is 0.841. The van der Waals surface area contributed by atoms with E-state index < -0.39 is 18.0 Å². The first-order valence-electron chi connectivity index (χ1n) is 6.35. The minimum atomic E-state index is -0.672. The van der Waals surface area contributed by atoms with E-state index in [1.54, 1.807) is 6.07 Å². The summed E-state index contributed by atoms with van der Waals surface area (Å²) in [6, 6.07) is 5.37. The van der Waals surface area contributed by atoms with Crippen LogP contribution in [0, 0.1) is 5.82 Å². The van der Waals surface area contributed by atoms with Gasteiger partial charge in [-0.05, 0) is 18.2 Å². The van der Waals surface area contributed by atoms with E-state index >= 15 is 0 Å². The normalized spacial score (nSPS) is 31.9. The number of hydrogen-bond acceptors (Lipinski definition) is 5. The van der Waals surface area contributed by atoms with Gasteiger partial charge in [0.1, 0.15) is 18.0 Å². The van der Waals surface area contributed by atoms with Crippen LogP contribution in [0.2, 0.25) is 0 Å². The molecule has 1 aromatic carbocycles. The second-order valence-electron chi connectivity index (χ2n) is 4.84. The average Bonchev–Trinajstić information content (AvgIpc) is 2.94. The first-order valence-corrected chi connectivity index (χ1v) is 6.35. The highest BCUT2D eigenvalue weighted by molar-refractivity contribution is 5.84. The fourth-order valence-corrected chi connectivity index (χ4v) is 2.45. The molecule has 20 heavy (non-hydrogen) atoms. The molecule has 2 aliphatic rings. The maximum atomic E-state index is 13.0. The van der Waals surface area contributed by atoms with E-state index in [4.69, 9.17) is 19.9 Å². The molecule has 3 N–H and O–H groups in total. The van der Waals surface area contributed by atoms with E-state index in [9.17, 15) is 9.18 Å². The van der Waals surface area contributed by atoms with Crippen molar-refractivity contribution in [3.63, 3.8) is 0 Å². The molecule has 0 aromatic heterocycles. The van der Waals surface area contributed by atoms with E-state index in [1.165, 1.54) is 18.2 Å². The van der Waals surface area contributed by atoms with Gasteiger partial charge in [-0.15, -0.1) is 0 Å². The van der Waals surface area contributed by atoms with Crippen LogP contribution in [0.1, 0.15) is 0 Å². The molecule has 1 amide bonds. The lowest BCUT2D eigenvalue weighted by molar-refractivity contribution is 0.00899. The number of halogens is 1. The van der Waals surface area contributed by atoms with E-state index in [2.05, 4.69) is 5.32 Å². The molecule has 0 saturated carbocycles. The Hall–Kier alpha value is -1.70. The number of nitrogens with one attached hydrogen (secondary N) is 1. The van der Waals surface area contributed by atoms with E-state index in [0.29, 0.717) is 12.3 Å². The van der Waals surface area contributed by atoms with Gasteiger partial charge in [0.2, 0.25) is 0 Å². The number of nitrogens with two attached hydrogens (primary N) is 1. The Morgan fingerprint density at radius 3 is 2.95 bits per heavy atom. The molecule has 0 spiro atoms. The molecular weight excluding hydrogens is 267 g/mol. The largest absolute Gasteiger partial charge is 0.441 e. The van der Waals surface area contributed by atoms with Crippen LogP contribution in [0.4, 0.5) is 14.9 Å². The summed E-state index contributed by atoms with van der Waals surface area (Å²) >= 11 is 0. The zero-order valence-corrected chi connectivity index (χ0v) is 10.6. The van der Waals surface area contributed by atoms with Crippen molar-refractivity contribution < 1.29 is 23.4 Å². The van der Waals surface area contributed by atoms with Crippen molar-refractivity contribution in [1.82, 2.24) is 0 Å². The smallest absolute Gasteiger partial charge is 0.412 e. The fourth-order valence-electron chi connectivity index (χ4n) is 2.45. The number of rotatable bonds is 2. The minimum Gasteiger partial charge on any atom is -0.441 e. The van der Waals surface area contributed by atoms with Crippen molar-refractivity contribution in [3.8, 4) is 0 Å². The Kier molecular flexibility index (Phi) is 3.56. The van der Waals surface area contributed by atoms with E-state index in [1.807, 2.05) is 0 Å². The van der Waals surface area contributed by atoms with Gasteiger partial charge in [-0.2, -0.15) is 0 Å². The third-order valence-electron chi connectivity index (χ3n) is 3.38. The molecule has 4 atom stereocenters. The summed E-state index contributed by atoms with van der Waals surface area (Å²) < 4.78 is 29.1. The number of benzene rings is 1. The molecule has 0 aliphatic carbocycles. The Morgan fingerprint density at radius 2 is 2.15 bits per heavy atom. The predicted molar refractivity (Wildman–Crippen MR) is 67.7 cm³/mol. The summed E-state index contributed by atoms with van der Waals surface area (Å²) in [4.78, 5) is 11.8. The third kappa shape index (κ3) is 2.60. The number of ether oxygens (including phenoxy) is 3. The zero-order valence-electron chi connectivity index (χ0n) is 10.6. The van der Waals surface area contributed by atoms with Gasteiger partial charge in [0.25, 0.3) is 0 Å². The van der Waals surface area contributed by atoms with Crippen molar-refractivity contribution in [3.05, 3.63) is 30.1 Å². The highest BCUT2D eigenvalue weighted by Crippen LogP contribution is 2.28. The lowest BCUT2D eigenvalue weighted by atomic mass is 10.1. The predicted octanol–water partition coefficient (Wildman–Crippen LogP) is 0.868. The molecule has 4 unspecified atom stereocenters.